The van der Waals surface area contributed by atoms with Crippen LogP contribution in [0, 0.1) is 0 Å². The molecular weight excluding hydrogens is 324 g/mol. The minimum Gasteiger partial charge on any atom is -0.480 e. The largest absolute Gasteiger partial charge is 0.480 e. The van der Waals surface area contributed by atoms with E-state index in [1.165, 1.54) is 12.0 Å². The molecule has 0 radical (unpaired) electrons. The maximum Gasteiger partial charge on any atom is 0.325 e. The molecule has 0 unspecified atom stereocenters. The van der Waals surface area contributed by atoms with Gasteiger partial charge in [0.25, 0.3) is 0 Å². The molecule has 0 fully saturated rings. The molecule has 0 rings (SSSR count). The second-order valence-corrected chi connectivity index (χ2v) is 5.86. The number of hydrogen-bond donors (Lipinski definition) is 4. The van der Waals surface area contributed by atoms with Gasteiger partial charge in [-0.1, -0.05) is 0 Å². The summed E-state index contributed by atoms with van der Waals surface area (Å²) in [5, 5.41) is 27.2. The van der Waals surface area contributed by atoms with E-state index < -0.39 is 35.0 Å². The summed E-state index contributed by atoms with van der Waals surface area (Å²) < 4.78 is 4.64. The van der Waals surface area contributed by atoms with Crippen molar-refractivity contribution in [2.75, 3.05) is 27.2 Å². The summed E-state index contributed by atoms with van der Waals surface area (Å²) in [7, 11) is 2.87. The molecule has 0 amide bonds. The SMILES string of the molecule is COC(=O)C(C)(C)N(C)C(C)(C)C(=O)O.O=C(O)CNCC(=O)O. The zero-order valence-corrected chi connectivity index (χ0v) is 14.7. The number of hydrogen-bond acceptors (Lipinski definition) is 7. The smallest absolute Gasteiger partial charge is 0.325 e. The summed E-state index contributed by atoms with van der Waals surface area (Å²) in [4.78, 5) is 43.4. The number of carbonyl (C=O) groups excluding carboxylic acids is 1. The van der Waals surface area contributed by atoms with Crippen molar-refractivity contribution < 1.29 is 39.2 Å². The van der Waals surface area contributed by atoms with Gasteiger partial charge in [0.1, 0.15) is 11.1 Å². The molecule has 0 saturated heterocycles. The van der Waals surface area contributed by atoms with Gasteiger partial charge < -0.3 is 20.1 Å². The number of carboxylic acids is 3. The van der Waals surface area contributed by atoms with E-state index in [1.54, 1.807) is 34.7 Å². The van der Waals surface area contributed by atoms with Gasteiger partial charge in [0.05, 0.1) is 20.2 Å². The predicted octanol–water partition coefficient (Wildman–Crippen LogP) is -0.522. The van der Waals surface area contributed by atoms with Crippen LogP contribution in [0.5, 0.6) is 0 Å². The number of nitrogens with zero attached hydrogens (tertiary/aromatic N) is 1. The van der Waals surface area contributed by atoms with Crippen molar-refractivity contribution in [3.05, 3.63) is 0 Å². The molecule has 0 spiro atoms. The van der Waals surface area contributed by atoms with Crippen LogP contribution < -0.4 is 5.32 Å². The van der Waals surface area contributed by atoms with E-state index in [-0.39, 0.29) is 13.1 Å². The summed E-state index contributed by atoms with van der Waals surface area (Å²) in [6, 6.07) is 0. The first-order valence-electron chi connectivity index (χ1n) is 6.91. The highest BCUT2D eigenvalue weighted by atomic mass is 16.5. The Morgan fingerprint density at radius 3 is 1.54 bits per heavy atom. The Hall–Kier alpha value is -2.20. The third kappa shape index (κ3) is 7.88. The van der Waals surface area contributed by atoms with Crippen molar-refractivity contribution in [2.24, 2.45) is 0 Å². The highest BCUT2D eigenvalue weighted by Crippen LogP contribution is 2.24. The monoisotopic (exact) mass is 350 g/mol. The van der Waals surface area contributed by atoms with E-state index in [0.29, 0.717) is 0 Å². The zero-order valence-electron chi connectivity index (χ0n) is 14.7. The first kappa shape index (κ1) is 24.1. The lowest BCUT2D eigenvalue weighted by molar-refractivity contribution is -0.163. The fourth-order valence-electron chi connectivity index (χ4n) is 1.51. The minimum atomic E-state index is -1.13. The highest BCUT2D eigenvalue weighted by Gasteiger charge is 2.44. The van der Waals surface area contributed by atoms with E-state index in [4.69, 9.17) is 15.3 Å². The molecule has 0 bridgehead atoms. The molecule has 0 aliphatic rings. The number of aliphatic carboxylic acids is 3. The number of ether oxygens (including phenoxy) is 1. The Morgan fingerprint density at radius 2 is 1.29 bits per heavy atom. The Labute approximate surface area is 140 Å². The Kier molecular flexibility index (Phi) is 9.85. The summed E-state index contributed by atoms with van der Waals surface area (Å²) in [6.07, 6.45) is 0. The van der Waals surface area contributed by atoms with Gasteiger partial charge in [-0.3, -0.25) is 29.4 Å². The molecule has 140 valence electrons. The van der Waals surface area contributed by atoms with Crippen LogP contribution in [-0.4, -0.2) is 82.4 Å². The molecular formula is C14H26N2O8. The Morgan fingerprint density at radius 1 is 0.917 bits per heavy atom. The summed E-state index contributed by atoms with van der Waals surface area (Å²) in [5.41, 5.74) is -2.10. The second kappa shape index (κ2) is 9.83. The number of rotatable bonds is 8. The molecule has 4 N–H and O–H groups in total. The van der Waals surface area contributed by atoms with Crippen molar-refractivity contribution in [2.45, 2.75) is 38.8 Å². The predicted molar refractivity (Wildman–Crippen MR) is 83.7 cm³/mol. The van der Waals surface area contributed by atoms with Gasteiger partial charge in [0.2, 0.25) is 0 Å². The molecule has 0 heterocycles. The molecule has 0 saturated carbocycles. The summed E-state index contributed by atoms with van der Waals surface area (Å²) >= 11 is 0. The lowest BCUT2D eigenvalue weighted by atomic mass is 9.94. The highest BCUT2D eigenvalue weighted by molar-refractivity contribution is 5.83. The molecule has 0 atom stereocenters. The average Bonchev–Trinajstić information content (AvgIpc) is 2.44. The fraction of sp³-hybridized carbons (Fsp3) is 0.714. The van der Waals surface area contributed by atoms with Crippen LogP contribution in [0.1, 0.15) is 27.7 Å². The zero-order chi connectivity index (χ0) is 19.7. The number of nitrogens with one attached hydrogen (secondary N) is 1. The third-order valence-electron chi connectivity index (χ3n) is 3.44. The van der Waals surface area contributed by atoms with Crippen LogP contribution in [-0.2, 0) is 23.9 Å². The molecule has 0 aliphatic heterocycles. The Bertz CT molecular complexity index is 459. The molecule has 24 heavy (non-hydrogen) atoms. The van der Waals surface area contributed by atoms with Crippen molar-refractivity contribution in [3.63, 3.8) is 0 Å². The number of carboxylic acid groups (broad SMARTS) is 3. The van der Waals surface area contributed by atoms with Crippen molar-refractivity contribution in [1.29, 1.82) is 0 Å². The van der Waals surface area contributed by atoms with Crippen LogP contribution >= 0.6 is 0 Å². The third-order valence-corrected chi connectivity index (χ3v) is 3.44. The van der Waals surface area contributed by atoms with Gasteiger partial charge in [0.15, 0.2) is 0 Å². The molecule has 0 aromatic rings. The minimum absolute atomic E-state index is 0.313. The lowest BCUT2D eigenvalue weighted by Crippen LogP contribution is -2.60. The van der Waals surface area contributed by atoms with Crippen molar-refractivity contribution >= 4 is 23.9 Å². The first-order chi connectivity index (χ1) is 10.7. The molecule has 0 aromatic carbocycles. The van der Waals surface area contributed by atoms with Crippen LogP contribution in [0.15, 0.2) is 0 Å². The lowest BCUT2D eigenvalue weighted by Gasteiger charge is -2.41. The van der Waals surface area contributed by atoms with Gasteiger partial charge in [-0.25, -0.2) is 0 Å². The van der Waals surface area contributed by atoms with E-state index >= 15 is 0 Å². The second-order valence-electron chi connectivity index (χ2n) is 5.86. The fourth-order valence-corrected chi connectivity index (χ4v) is 1.51. The van der Waals surface area contributed by atoms with E-state index in [9.17, 15) is 19.2 Å². The Balaban J connectivity index is 0. The molecule has 10 heteroatoms. The summed E-state index contributed by atoms with van der Waals surface area (Å²) in [5.74, 6) is -3.56. The van der Waals surface area contributed by atoms with E-state index in [0.717, 1.165) is 0 Å². The van der Waals surface area contributed by atoms with Crippen molar-refractivity contribution in [3.8, 4) is 0 Å². The number of esters is 1. The van der Waals surface area contributed by atoms with Crippen molar-refractivity contribution in [1.82, 2.24) is 10.2 Å². The normalized spacial score (nSPS) is 11.3. The summed E-state index contributed by atoms with van der Waals surface area (Å²) in [6.45, 7) is 5.71. The van der Waals surface area contributed by atoms with Gasteiger partial charge in [0, 0.05) is 0 Å². The topological polar surface area (TPSA) is 153 Å². The van der Waals surface area contributed by atoms with Crippen LogP contribution in [0.25, 0.3) is 0 Å². The quantitative estimate of drug-likeness (QED) is 0.420. The van der Waals surface area contributed by atoms with Crippen LogP contribution in [0.4, 0.5) is 0 Å². The number of likely N-dealkylation sites (N-methyl/N-ethyl adjacent to an activating group) is 1. The standard InChI is InChI=1S/C10H19NO4.C4H7NO4/c1-9(2,7(12)13)11(5)10(3,4)8(14)15-6;6-3(7)1-5-2-4(8)9/h1-6H3,(H,12,13);5H,1-2H2,(H,6,7)(H,8,9). The molecule has 0 aromatic heterocycles. The molecule has 10 nitrogen and oxygen atoms in total. The van der Waals surface area contributed by atoms with Crippen LogP contribution in [0.2, 0.25) is 0 Å². The molecule has 0 aliphatic carbocycles. The first-order valence-corrected chi connectivity index (χ1v) is 6.91. The number of carbonyl (C=O) groups is 4. The van der Waals surface area contributed by atoms with Crippen LogP contribution in [0.3, 0.4) is 0 Å². The van der Waals surface area contributed by atoms with E-state index in [2.05, 4.69) is 10.1 Å². The van der Waals surface area contributed by atoms with Gasteiger partial charge in [-0.05, 0) is 34.7 Å². The average molecular weight is 350 g/mol. The van der Waals surface area contributed by atoms with Gasteiger partial charge in [-0.15, -0.1) is 0 Å². The van der Waals surface area contributed by atoms with Gasteiger partial charge in [-0.2, -0.15) is 0 Å². The maximum absolute atomic E-state index is 11.5. The van der Waals surface area contributed by atoms with Gasteiger partial charge >= 0.3 is 23.9 Å². The maximum atomic E-state index is 11.5. The number of methoxy groups -OCH3 is 1. The van der Waals surface area contributed by atoms with E-state index in [1.807, 2.05) is 0 Å².